The van der Waals surface area contributed by atoms with Gasteiger partial charge in [0.15, 0.2) is 0 Å². The van der Waals surface area contributed by atoms with Crippen LogP contribution in [-0.4, -0.2) is 26.0 Å². The second kappa shape index (κ2) is 9.68. The predicted molar refractivity (Wildman–Crippen MR) is 80.7 cm³/mol. The Labute approximate surface area is 119 Å². The molecule has 1 N–H and O–H groups in total. The van der Waals surface area contributed by atoms with Crippen molar-refractivity contribution in [3.8, 4) is 0 Å². The fourth-order valence-corrected chi connectivity index (χ4v) is 2.96. The molecule has 0 radical (unpaired) electrons. The molecule has 1 aromatic carbocycles. The molecule has 0 saturated heterocycles. The van der Waals surface area contributed by atoms with Crippen molar-refractivity contribution < 1.29 is 4.74 Å². The normalized spacial score (nSPS) is 10.8. The van der Waals surface area contributed by atoms with Crippen LogP contribution in [0, 0.1) is 0 Å². The molecule has 0 aromatic heterocycles. The van der Waals surface area contributed by atoms with Crippen LogP contribution in [-0.2, 0) is 11.3 Å². The minimum Gasteiger partial charge on any atom is -0.383 e. The van der Waals surface area contributed by atoms with Gasteiger partial charge in [-0.2, -0.15) is 0 Å². The fourth-order valence-electron chi connectivity index (χ4n) is 1.53. The highest BCUT2D eigenvalue weighted by Gasteiger charge is 2.04. The quantitative estimate of drug-likeness (QED) is 0.548. The average molecular weight is 288 g/mol. The summed E-state index contributed by atoms with van der Waals surface area (Å²) in [6, 6.07) is 6.13. The Morgan fingerprint density at radius 2 is 2.22 bits per heavy atom. The molecule has 0 fully saturated rings. The van der Waals surface area contributed by atoms with Gasteiger partial charge in [-0.3, -0.25) is 0 Å². The van der Waals surface area contributed by atoms with Gasteiger partial charge < -0.3 is 10.1 Å². The highest BCUT2D eigenvalue weighted by molar-refractivity contribution is 7.99. The molecule has 102 valence electrons. The minimum absolute atomic E-state index is 0.742. The highest BCUT2D eigenvalue weighted by Crippen LogP contribution is 2.27. The van der Waals surface area contributed by atoms with Gasteiger partial charge in [0.2, 0.25) is 0 Å². The number of hydrogen-bond acceptors (Lipinski definition) is 3. The van der Waals surface area contributed by atoms with Crippen LogP contribution in [0.3, 0.4) is 0 Å². The first-order valence-electron chi connectivity index (χ1n) is 6.38. The topological polar surface area (TPSA) is 21.3 Å². The van der Waals surface area contributed by atoms with Crippen LogP contribution in [0.2, 0.25) is 5.02 Å². The fraction of sp³-hybridized carbons (Fsp3) is 0.571. The number of benzene rings is 1. The van der Waals surface area contributed by atoms with Gasteiger partial charge in [-0.25, -0.2) is 0 Å². The third-order valence-corrected chi connectivity index (χ3v) is 4.00. The number of thioether (sulfide) groups is 1. The smallest absolute Gasteiger partial charge is 0.0587 e. The van der Waals surface area contributed by atoms with Crippen molar-refractivity contribution in [3.63, 3.8) is 0 Å². The Kier molecular flexibility index (Phi) is 8.51. The number of methoxy groups -OCH3 is 1. The monoisotopic (exact) mass is 287 g/mol. The molecule has 0 unspecified atom stereocenters. The van der Waals surface area contributed by atoms with E-state index in [0.717, 1.165) is 30.5 Å². The Bertz CT molecular complexity index is 347. The van der Waals surface area contributed by atoms with Gasteiger partial charge in [0, 0.05) is 30.1 Å². The average Bonchev–Trinajstić information content (AvgIpc) is 2.37. The summed E-state index contributed by atoms with van der Waals surface area (Å²) in [4.78, 5) is 1.29. The van der Waals surface area contributed by atoms with Gasteiger partial charge >= 0.3 is 0 Å². The van der Waals surface area contributed by atoms with E-state index in [9.17, 15) is 0 Å². The third-order valence-electron chi connectivity index (χ3n) is 2.58. The Hall–Kier alpha value is -0.220. The van der Waals surface area contributed by atoms with E-state index in [4.69, 9.17) is 16.3 Å². The summed E-state index contributed by atoms with van der Waals surface area (Å²) in [6.45, 7) is 4.70. The summed E-state index contributed by atoms with van der Waals surface area (Å²) in [5.74, 6) is 1.15. The molecule has 0 bridgehead atoms. The van der Waals surface area contributed by atoms with Gasteiger partial charge in [0.1, 0.15) is 0 Å². The SMILES string of the molecule is CCCCSc1cc(Cl)ccc1CNCCOC. The van der Waals surface area contributed by atoms with E-state index in [2.05, 4.69) is 24.4 Å². The van der Waals surface area contributed by atoms with Crippen LogP contribution in [0.15, 0.2) is 23.1 Å². The molecule has 2 nitrogen and oxygen atoms in total. The van der Waals surface area contributed by atoms with E-state index in [1.165, 1.54) is 23.3 Å². The van der Waals surface area contributed by atoms with E-state index < -0.39 is 0 Å². The molecular formula is C14H22ClNOS. The number of hydrogen-bond donors (Lipinski definition) is 1. The molecule has 0 aliphatic carbocycles. The first-order valence-corrected chi connectivity index (χ1v) is 7.75. The number of rotatable bonds is 9. The second-order valence-electron chi connectivity index (χ2n) is 4.12. The second-order valence-corrected chi connectivity index (χ2v) is 5.70. The number of ether oxygens (including phenoxy) is 1. The van der Waals surface area contributed by atoms with E-state index >= 15 is 0 Å². The van der Waals surface area contributed by atoms with Gasteiger partial charge in [0.05, 0.1) is 6.61 Å². The number of nitrogens with one attached hydrogen (secondary N) is 1. The van der Waals surface area contributed by atoms with Crippen molar-refractivity contribution in [2.24, 2.45) is 0 Å². The van der Waals surface area contributed by atoms with E-state index in [0.29, 0.717) is 0 Å². The summed E-state index contributed by atoms with van der Waals surface area (Å²) in [5.41, 5.74) is 1.32. The molecule has 4 heteroatoms. The first-order chi connectivity index (χ1) is 8.77. The summed E-state index contributed by atoms with van der Waals surface area (Å²) >= 11 is 7.95. The zero-order valence-corrected chi connectivity index (χ0v) is 12.7. The van der Waals surface area contributed by atoms with Crippen molar-refractivity contribution in [1.29, 1.82) is 0 Å². The van der Waals surface area contributed by atoms with Crippen LogP contribution in [0.25, 0.3) is 0 Å². The number of unbranched alkanes of at least 4 members (excludes halogenated alkanes) is 1. The van der Waals surface area contributed by atoms with Crippen molar-refractivity contribution in [2.75, 3.05) is 26.0 Å². The lowest BCUT2D eigenvalue weighted by Crippen LogP contribution is -2.18. The lowest BCUT2D eigenvalue weighted by atomic mass is 10.2. The molecule has 0 heterocycles. The number of halogens is 1. The van der Waals surface area contributed by atoms with Crippen molar-refractivity contribution in [2.45, 2.75) is 31.2 Å². The first kappa shape index (κ1) is 15.8. The van der Waals surface area contributed by atoms with Crippen molar-refractivity contribution in [1.82, 2.24) is 5.32 Å². The van der Waals surface area contributed by atoms with Crippen molar-refractivity contribution in [3.05, 3.63) is 28.8 Å². The Morgan fingerprint density at radius 3 is 2.94 bits per heavy atom. The molecule has 0 amide bonds. The Morgan fingerprint density at radius 1 is 1.39 bits per heavy atom. The summed E-state index contributed by atoms with van der Waals surface area (Å²) in [5, 5.41) is 4.19. The molecule has 0 aliphatic heterocycles. The molecular weight excluding hydrogens is 266 g/mol. The van der Waals surface area contributed by atoms with E-state index in [-0.39, 0.29) is 0 Å². The van der Waals surface area contributed by atoms with Crippen LogP contribution in [0.4, 0.5) is 0 Å². The van der Waals surface area contributed by atoms with Crippen LogP contribution in [0.5, 0.6) is 0 Å². The molecule has 0 atom stereocenters. The van der Waals surface area contributed by atoms with Gasteiger partial charge in [0.25, 0.3) is 0 Å². The van der Waals surface area contributed by atoms with Crippen LogP contribution < -0.4 is 5.32 Å². The molecule has 0 saturated carbocycles. The molecule has 18 heavy (non-hydrogen) atoms. The van der Waals surface area contributed by atoms with Gasteiger partial charge in [-0.05, 0) is 29.9 Å². The standard InChI is InChI=1S/C14H22ClNOS/c1-3-4-9-18-14-10-13(15)6-5-12(14)11-16-7-8-17-2/h5-6,10,16H,3-4,7-9,11H2,1-2H3. The van der Waals surface area contributed by atoms with Gasteiger partial charge in [-0.1, -0.05) is 31.0 Å². The highest BCUT2D eigenvalue weighted by atomic mass is 35.5. The largest absolute Gasteiger partial charge is 0.383 e. The van der Waals surface area contributed by atoms with E-state index in [1.807, 2.05) is 17.8 Å². The zero-order valence-electron chi connectivity index (χ0n) is 11.2. The lowest BCUT2D eigenvalue weighted by Gasteiger charge is -2.10. The minimum atomic E-state index is 0.742. The molecule has 1 aromatic rings. The zero-order chi connectivity index (χ0) is 13.2. The maximum absolute atomic E-state index is 6.06. The Balaban J connectivity index is 2.52. The predicted octanol–water partition coefficient (Wildman–Crippen LogP) is 3.97. The molecule has 1 rings (SSSR count). The van der Waals surface area contributed by atoms with Crippen molar-refractivity contribution >= 4 is 23.4 Å². The van der Waals surface area contributed by atoms with Crippen LogP contribution in [0.1, 0.15) is 25.3 Å². The molecule has 0 aliphatic rings. The molecule has 0 spiro atoms. The summed E-state index contributed by atoms with van der Waals surface area (Å²) in [6.07, 6.45) is 2.47. The third kappa shape index (κ3) is 6.10. The summed E-state index contributed by atoms with van der Waals surface area (Å²) < 4.78 is 5.02. The maximum Gasteiger partial charge on any atom is 0.0587 e. The maximum atomic E-state index is 6.06. The van der Waals surface area contributed by atoms with Gasteiger partial charge in [-0.15, -0.1) is 11.8 Å². The van der Waals surface area contributed by atoms with E-state index in [1.54, 1.807) is 7.11 Å². The lowest BCUT2D eigenvalue weighted by molar-refractivity contribution is 0.199. The summed E-state index contributed by atoms with van der Waals surface area (Å²) in [7, 11) is 1.72. The van der Waals surface area contributed by atoms with Crippen LogP contribution >= 0.6 is 23.4 Å².